The van der Waals surface area contributed by atoms with Crippen molar-refractivity contribution in [3.63, 3.8) is 0 Å². The Balaban J connectivity index is 1.42. The quantitative estimate of drug-likeness (QED) is 0.868. The molecule has 1 N–H and O–H groups in total. The molecule has 4 heteroatoms. The van der Waals surface area contributed by atoms with E-state index in [2.05, 4.69) is 10.2 Å². The molecule has 0 unspecified atom stereocenters. The average Bonchev–Trinajstić information content (AvgIpc) is 2.63. The lowest BCUT2D eigenvalue weighted by atomic mass is 9.67. The maximum absolute atomic E-state index is 12.4. The highest BCUT2D eigenvalue weighted by Crippen LogP contribution is 2.44. The Labute approximate surface area is 150 Å². The molecule has 2 bridgehead atoms. The molecule has 4 atom stereocenters. The van der Waals surface area contributed by atoms with Crippen LogP contribution in [0.15, 0.2) is 30.3 Å². The highest BCUT2D eigenvalue weighted by atomic mass is 16.6. The van der Waals surface area contributed by atoms with E-state index in [9.17, 15) is 4.79 Å². The smallest absolute Gasteiger partial charge is 0.411 e. The number of anilines is 1. The second kappa shape index (κ2) is 7.77. The van der Waals surface area contributed by atoms with Crippen molar-refractivity contribution in [1.29, 1.82) is 0 Å². The van der Waals surface area contributed by atoms with Crippen molar-refractivity contribution in [2.75, 3.05) is 18.4 Å². The van der Waals surface area contributed by atoms with Crippen molar-refractivity contribution in [2.24, 2.45) is 11.8 Å². The van der Waals surface area contributed by atoms with Gasteiger partial charge in [0.05, 0.1) is 0 Å². The van der Waals surface area contributed by atoms with Gasteiger partial charge in [-0.2, -0.15) is 0 Å². The Hall–Kier alpha value is -1.55. The standard InChI is InChI=1S/C21H30N2O2/c24-21(22-17-9-3-1-4-10-17)25-20-16-8-7-11-18(20)19(13-12-16)23-14-5-2-6-15-23/h1,3-4,9-10,16,18-20H,2,5-8,11-15H2,(H,22,24)/t16-,18-,19+,20+/m0/s1. The molecule has 1 heterocycles. The largest absolute Gasteiger partial charge is 0.445 e. The molecule has 25 heavy (non-hydrogen) atoms. The van der Waals surface area contributed by atoms with Crippen LogP contribution in [0.2, 0.25) is 0 Å². The zero-order valence-electron chi connectivity index (χ0n) is 15.0. The van der Waals surface area contributed by atoms with E-state index in [1.54, 1.807) is 0 Å². The van der Waals surface area contributed by atoms with Crippen LogP contribution in [0.1, 0.15) is 51.4 Å². The molecule has 0 spiro atoms. The number of piperidine rings is 1. The monoisotopic (exact) mass is 342 g/mol. The van der Waals surface area contributed by atoms with Gasteiger partial charge in [0.25, 0.3) is 0 Å². The molecule has 1 saturated heterocycles. The molecule has 2 saturated carbocycles. The molecule has 0 aromatic heterocycles. The third-order valence-corrected chi connectivity index (χ3v) is 6.45. The number of carbonyl (C=O) groups excluding carboxylic acids is 1. The minimum atomic E-state index is -0.285. The van der Waals surface area contributed by atoms with Gasteiger partial charge in [-0.1, -0.05) is 31.0 Å². The third kappa shape index (κ3) is 3.84. The number of rotatable bonds is 3. The number of nitrogens with one attached hydrogen (secondary N) is 1. The topological polar surface area (TPSA) is 41.6 Å². The predicted octanol–water partition coefficient (Wildman–Crippen LogP) is 4.67. The molecule has 1 aromatic carbocycles. The molecular weight excluding hydrogens is 312 g/mol. The van der Waals surface area contributed by atoms with E-state index in [-0.39, 0.29) is 12.2 Å². The summed E-state index contributed by atoms with van der Waals surface area (Å²) in [4.78, 5) is 15.1. The van der Waals surface area contributed by atoms with Crippen molar-refractivity contribution in [3.8, 4) is 0 Å². The van der Waals surface area contributed by atoms with Crippen LogP contribution in [-0.2, 0) is 4.74 Å². The van der Waals surface area contributed by atoms with Gasteiger partial charge < -0.3 is 4.74 Å². The first-order valence-electron chi connectivity index (χ1n) is 10.1. The summed E-state index contributed by atoms with van der Waals surface area (Å²) in [5.74, 6) is 1.08. The first-order valence-corrected chi connectivity index (χ1v) is 10.1. The van der Waals surface area contributed by atoms with E-state index in [4.69, 9.17) is 4.74 Å². The van der Waals surface area contributed by atoms with Gasteiger partial charge in [0, 0.05) is 17.6 Å². The molecule has 0 radical (unpaired) electrons. The molecule has 1 aliphatic heterocycles. The third-order valence-electron chi connectivity index (χ3n) is 6.45. The van der Waals surface area contributed by atoms with Gasteiger partial charge in [-0.05, 0) is 69.7 Å². The van der Waals surface area contributed by atoms with Crippen molar-refractivity contribution in [2.45, 2.75) is 63.5 Å². The molecule has 3 fully saturated rings. The van der Waals surface area contributed by atoms with Crippen molar-refractivity contribution in [1.82, 2.24) is 4.90 Å². The SMILES string of the molecule is O=C(Nc1ccccc1)O[C@@H]1[C@H]2CCC[C@H]1[C@H](N1CCCCC1)CC2. The van der Waals surface area contributed by atoms with E-state index in [0.29, 0.717) is 17.9 Å². The molecule has 4 nitrogen and oxygen atoms in total. The summed E-state index contributed by atoms with van der Waals surface area (Å²) in [6.07, 6.45) is 10.0. The van der Waals surface area contributed by atoms with Gasteiger partial charge in [0.15, 0.2) is 0 Å². The first-order chi connectivity index (χ1) is 12.3. The Morgan fingerprint density at radius 3 is 2.56 bits per heavy atom. The predicted molar refractivity (Wildman–Crippen MR) is 99.6 cm³/mol. The van der Waals surface area contributed by atoms with E-state index in [1.165, 1.54) is 64.5 Å². The second-order valence-corrected chi connectivity index (χ2v) is 7.96. The number of carbonyl (C=O) groups is 1. The van der Waals surface area contributed by atoms with Gasteiger partial charge in [-0.25, -0.2) is 4.79 Å². The molecule has 3 aliphatic rings. The van der Waals surface area contributed by atoms with E-state index < -0.39 is 0 Å². The fourth-order valence-electron chi connectivity index (χ4n) is 5.29. The number of hydrogen-bond acceptors (Lipinski definition) is 3. The Bertz CT molecular complexity index is 571. The number of fused-ring (bicyclic) bond motifs is 2. The van der Waals surface area contributed by atoms with Gasteiger partial charge in [0.2, 0.25) is 0 Å². The van der Waals surface area contributed by atoms with Crippen LogP contribution < -0.4 is 5.32 Å². The summed E-state index contributed by atoms with van der Waals surface area (Å²) >= 11 is 0. The van der Waals surface area contributed by atoms with Gasteiger partial charge in [-0.3, -0.25) is 10.2 Å². The van der Waals surface area contributed by atoms with Crippen LogP contribution in [0.4, 0.5) is 10.5 Å². The van der Waals surface area contributed by atoms with Gasteiger partial charge >= 0.3 is 6.09 Å². The van der Waals surface area contributed by atoms with Crippen molar-refractivity contribution >= 4 is 11.8 Å². The summed E-state index contributed by atoms with van der Waals surface area (Å²) in [6.45, 7) is 2.46. The normalized spacial score (nSPS) is 32.8. The number of nitrogens with zero attached hydrogens (tertiary/aromatic N) is 1. The van der Waals surface area contributed by atoms with Gasteiger partial charge in [0.1, 0.15) is 6.10 Å². The van der Waals surface area contributed by atoms with Crippen LogP contribution in [-0.4, -0.2) is 36.2 Å². The number of benzene rings is 1. The highest BCUT2D eigenvalue weighted by Gasteiger charge is 2.46. The Morgan fingerprint density at radius 2 is 1.76 bits per heavy atom. The fourth-order valence-corrected chi connectivity index (χ4v) is 5.29. The number of hydrogen-bond donors (Lipinski definition) is 1. The number of ether oxygens (including phenoxy) is 1. The average molecular weight is 342 g/mol. The number of amides is 1. The molecule has 4 rings (SSSR count). The molecule has 1 aromatic rings. The van der Waals surface area contributed by atoms with Crippen LogP contribution >= 0.6 is 0 Å². The van der Waals surface area contributed by atoms with E-state index in [0.717, 1.165) is 5.69 Å². The lowest BCUT2D eigenvalue weighted by Gasteiger charge is -2.50. The maximum Gasteiger partial charge on any atom is 0.411 e. The Morgan fingerprint density at radius 1 is 0.960 bits per heavy atom. The zero-order chi connectivity index (χ0) is 17.1. The molecule has 136 valence electrons. The minimum Gasteiger partial charge on any atom is -0.445 e. The van der Waals surface area contributed by atoms with Crippen LogP contribution in [0.5, 0.6) is 0 Å². The summed E-state index contributed by atoms with van der Waals surface area (Å²) < 4.78 is 6.01. The lowest BCUT2D eigenvalue weighted by molar-refractivity contribution is -0.0688. The Kier molecular flexibility index (Phi) is 5.25. The summed E-state index contributed by atoms with van der Waals surface area (Å²) in [5.41, 5.74) is 0.807. The molecule has 2 aliphatic carbocycles. The van der Waals surface area contributed by atoms with Crippen molar-refractivity contribution < 1.29 is 9.53 Å². The van der Waals surface area contributed by atoms with Crippen molar-refractivity contribution in [3.05, 3.63) is 30.3 Å². The number of likely N-dealkylation sites (tertiary alicyclic amines) is 1. The fraction of sp³-hybridized carbons (Fsp3) is 0.667. The first kappa shape index (κ1) is 16.9. The van der Waals surface area contributed by atoms with Gasteiger partial charge in [-0.15, -0.1) is 0 Å². The summed E-state index contributed by atoms with van der Waals surface area (Å²) in [5, 5.41) is 2.90. The summed E-state index contributed by atoms with van der Waals surface area (Å²) in [7, 11) is 0. The maximum atomic E-state index is 12.4. The molecule has 1 amide bonds. The second-order valence-electron chi connectivity index (χ2n) is 7.96. The van der Waals surface area contributed by atoms with Crippen LogP contribution in [0.25, 0.3) is 0 Å². The van der Waals surface area contributed by atoms with E-state index in [1.807, 2.05) is 30.3 Å². The lowest BCUT2D eigenvalue weighted by Crippen LogP contribution is -2.54. The zero-order valence-corrected chi connectivity index (χ0v) is 15.0. The minimum absolute atomic E-state index is 0.0955. The number of para-hydroxylation sites is 1. The summed E-state index contributed by atoms with van der Waals surface area (Å²) in [6, 6.07) is 10.2. The van der Waals surface area contributed by atoms with Crippen LogP contribution in [0, 0.1) is 11.8 Å². The highest BCUT2D eigenvalue weighted by molar-refractivity contribution is 5.84. The van der Waals surface area contributed by atoms with E-state index >= 15 is 0 Å². The molecular formula is C21H30N2O2. The van der Waals surface area contributed by atoms with Crippen LogP contribution in [0.3, 0.4) is 0 Å².